The summed E-state index contributed by atoms with van der Waals surface area (Å²) in [5.74, 6) is 0. The van der Waals surface area contributed by atoms with Gasteiger partial charge in [0.25, 0.3) is 0 Å². The second-order valence-electron chi connectivity index (χ2n) is 13.9. The molecule has 0 bridgehead atoms. The van der Waals surface area contributed by atoms with Gasteiger partial charge in [0, 0.05) is 16.2 Å². The first kappa shape index (κ1) is 29.7. The largest absolute Gasteiger partial charge is 0.455 e. The Hall–Kier alpha value is -6.96. The Bertz CT molecular complexity index is 3140. The van der Waals surface area contributed by atoms with Crippen molar-refractivity contribution in [3.63, 3.8) is 0 Å². The maximum absolute atomic E-state index is 6.65. The number of hydrogen-bond donors (Lipinski definition) is 0. The first-order valence-corrected chi connectivity index (χ1v) is 18.3. The lowest BCUT2D eigenvalue weighted by Gasteiger charge is -2.18. The summed E-state index contributed by atoms with van der Waals surface area (Å²) >= 11 is 0. The molecule has 1 aromatic heterocycles. The molecular formula is C52H32O. The van der Waals surface area contributed by atoms with Crippen LogP contribution in [-0.2, 0) is 0 Å². The standard InChI is InChI=1S/C52H32O/c1-2-13-33(14-3-1)38-23-10-16-36-17-11-24-39(48(36)38)35-27-29-37(30-28-35)49-41-19-6-8-21-43(41)50(44-22-9-7-20-42(44)49)45-25-12-26-47-51(45)46-32-31-34-15-4-5-18-40(34)52(46)53-47/h1-32H. The minimum Gasteiger partial charge on any atom is -0.455 e. The molecule has 0 spiro atoms. The van der Waals surface area contributed by atoms with E-state index in [1.807, 2.05) is 0 Å². The van der Waals surface area contributed by atoms with Gasteiger partial charge >= 0.3 is 0 Å². The summed E-state index contributed by atoms with van der Waals surface area (Å²) in [4.78, 5) is 0. The number of fused-ring (bicyclic) bond motifs is 8. The van der Waals surface area contributed by atoms with E-state index in [1.54, 1.807) is 0 Å². The zero-order valence-corrected chi connectivity index (χ0v) is 28.9. The molecule has 0 aliphatic heterocycles. The average molecular weight is 673 g/mol. The van der Waals surface area contributed by atoms with Crippen molar-refractivity contribution in [2.24, 2.45) is 0 Å². The van der Waals surface area contributed by atoms with Crippen molar-refractivity contribution in [2.75, 3.05) is 0 Å². The van der Waals surface area contributed by atoms with Crippen LogP contribution in [0.5, 0.6) is 0 Å². The van der Waals surface area contributed by atoms with Crippen molar-refractivity contribution in [3.8, 4) is 44.5 Å². The maximum Gasteiger partial charge on any atom is 0.143 e. The highest BCUT2D eigenvalue weighted by molar-refractivity contribution is 6.27. The molecule has 0 N–H and O–H groups in total. The lowest BCUT2D eigenvalue weighted by molar-refractivity contribution is 0.673. The Morgan fingerprint density at radius 3 is 1.45 bits per heavy atom. The SMILES string of the molecule is c1ccc(-c2cccc3cccc(-c4ccc(-c5c6ccccc6c(-c6cccc7oc8c9ccccc9ccc8c67)c6ccccc56)cc4)c23)cc1. The van der Waals surface area contributed by atoms with Gasteiger partial charge in [-0.1, -0.05) is 182 Å². The molecule has 53 heavy (non-hydrogen) atoms. The van der Waals surface area contributed by atoms with Gasteiger partial charge < -0.3 is 4.42 Å². The molecule has 0 radical (unpaired) electrons. The lowest BCUT2D eigenvalue weighted by atomic mass is 9.84. The van der Waals surface area contributed by atoms with Crippen molar-refractivity contribution >= 4 is 65.0 Å². The zero-order chi connectivity index (χ0) is 34.9. The molecule has 0 aliphatic rings. The molecule has 11 aromatic rings. The summed E-state index contributed by atoms with van der Waals surface area (Å²) in [5.41, 5.74) is 11.7. The van der Waals surface area contributed by atoms with Crippen LogP contribution in [0.15, 0.2) is 199 Å². The van der Waals surface area contributed by atoms with E-state index >= 15 is 0 Å². The van der Waals surface area contributed by atoms with Crippen molar-refractivity contribution in [3.05, 3.63) is 194 Å². The van der Waals surface area contributed by atoms with Gasteiger partial charge in [-0.15, -0.1) is 0 Å². The van der Waals surface area contributed by atoms with Crippen LogP contribution in [0.25, 0.3) is 110 Å². The fourth-order valence-corrected chi connectivity index (χ4v) is 8.75. The molecule has 1 heterocycles. The number of benzene rings is 10. The second-order valence-corrected chi connectivity index (χ2v) is 13.9. The van der Waals surface area contributed by atoms with Crippen molar-refractivity contribution < 1.29 is 4.42 Å². The second kappa shape index (κ2) is 11.8. The highest BCUT2D eigenvalue weighted by Crippen LogP contribution is 2.48. The van der Waals surface area contributed by atoms with Crippen LogP contribution in [0.2, 0.25) is 0 Å². The molecule has 0 atom stereocenters. The molecule has 246 valence electrons. The normalized spacial score (nSPS) is 11.8. The lowest BCUT2D eigenvalue weighted by Crippen LogP contribution is -1.91. The summed E-state index contributed by atoms with van der Waals surface area (Å²) in [6.07, 6.45) is 0. The Balaban J connectivity index is 1.13. The highest BCUT2D eigenvalue weighted by Gasteiger charge is 2.21. The summed E-state index contributed by atoms with van der Waals surface area (Å²) in [7, 11) is 0. The Labute approximate surface area is 307 Å². The highest BCUT2D eigenvalue weighted by atomic mass is 16.3. The molecule has 10 aromatic carbocycles. The molecule has 1 nitrogen and oxygen atoms in total. The molecule has 0 saturated carbocycles. The molecule has 0 fully saturated rings. The van der Waals surface area contributed by atoms with Crippen LogP contribution in [0, 0.1) is 0 Å². The Morgan fingerprint density at radius 2 is 0.774 bits per heavy atom. The molecule has 0 aliphatic carbocycles. The van der Waals surface area contributed by atoms with E-state index in [-0.39, 0.29) is 0 Å². The van der Waals surface area contributed by atoms with Gasteiger partial charge in [0.1, 0.15) is 11.2 Å². The molecule has 1 heteroatoms. The van der Waals surface area contributed by atoms with Crippen LogP contribution in [0.1, 0.15) is 0 Å². The minimum atomic E-state index is 0.908. The van der Waals surface area contributed by atoms with Gasteiger partial charge in [-0.25, -0.2) is 0 Å². The fourth-order valence-electron chi connectivity index (χ4n) is 8.75. The number of rotatable bonds is 4. The molecular weight excluding hydrogens is 641 g/mol. The third-order valence-electron chi connectivity index (χ3n) is 11.1. The maximum atomic E-state index is 6.65. The van der Waals surface area contributed by atoms with Gasteiger partial charge in [-0.05, 0) is 94.3 Å². The van der Waals surface area contributed by atoms with Crippen LogP contribution in [0.4, 0.5) is 0 Å². The first-order valence-electron chi connectivity index (χ1n) is 18.3. The van der Waals surface area contributed by atoms with Crippen molar-refractivity contribution in [1.29, 1.82) is 0 Å². The molecule has 0 unspecified atom stereocenters. The molecule has 0 amide bonds. The Morgan fingerprint density at radius 1 is 0.264 bits per heavy atom. The molecule has 0 saturated heterocycles. The van der Waals surface area contributed by atoms with Crippen molar-refractivity contribution in [1.82, 2.24) is 0 Å². The summed E-state index contributed by atoms with van der Waals surface area (Å²) in [5, 5.41) is 12.1. The number of furan rings is 1. The van der Waals surface area contributed by atoms with E-state index in [2.05, 4.69) is 194 Å². The van der Waals surface area contributed by atoms with Gasteiger partial charge in [0.2, 0.25) is 0 Å². The van der Waals surface area contributed by atoms with Crippen LogP contribution in [-0.4, -0.2) is 0 Å². The van der Waals surface area contributed by atoms with Crippen molar-refractivity contribution in [2.45, 2.75) is 0 Å². The van der Waals surface area contributed by atoms with Gasteiger partial charge in [0.05, 0.1) is 0 Å². The zero-order valence-electron chi connectivity index (χ0n) is 28.9. The van der Waals surface area contributed by atoms with Gasteiger partial charge in [-0.2, -0.15) is 0 Å². The van der Waals surface area contributed by atoms with E-state index in [9.17, 15) is 0 Å². The summed E-state index contributed by atoms with van der Waals surface area (Å²) in [6, 6.07) is 70.4. The van der Waals surface area contributed by atoms with E-state index in [0.29, 0.717) is 0 Å². The summed E-state index contributed by atoms with van der Waals surface area (Å²) in [6.45, 7) is 0. The van der Waals surface area contributed by atoms with E-state index in [1.165, 1.54) is 82.2 Å². The topological polar surface area (TPSA) is 13.1 Å². The van der Waals surface area contributed by atoms with Gasteiger partial charge in [0.15, 0.2) is 0 Å². The van der Waals surface area contributed by atoms with Gasteiger partial charge in [-0.3, -0.25) is 0 Å². The third kappa shape index (κ3) is 4.58. The van der Waals surface area contributed by atoms with Crippen LogP contribution < -0.4 is 0 Å². The fraction of sp³-hybridized carbons (Fsp3) is 0. The van der Waals surface area contributed by atoms with E-state index in [0.717, 1.165) is 27.3 Å². The monoisotopic (exact) mass is 672 g/mol. The van der Waals surface area contributed by atoms with Crippen LogP contribution in [0.3, 0.4) is 0 Å². The van der Waals surface area contributed by atoms with Crippen LogP contribution >= 0.6 is 0 Å². The predicted molar refractivity (Wildman–Crippen MR) is 225 cm³/mol. The minimum absolute atomic E-state index is 0.908. The predicted octanol–water partition coefficient (Wildman–Crippen LogP) is 14.9. The smallest absolute Gasteiger partial charge is 0.143 e. The van der Waals surface area contributed by atoms with E-state index < -0.39 is 0 Å². The third-order valence-corrected chi connectivity index (χ3v) is 11.1. The Kier molecular flexibility index (Phi) is 6.62. The summed E-state index contributed by atoms with van der Waals surface area (Å²) < 4.78 is 6.65. The number of hydrogen-bond acceptors (Lipinski definition) is 1. The first-order chi connectivity index (χ1) is 26.3. The quantitative estimate of drug-likeness (QED) is 0.170. The molecule has 11 rings (SSSR count). The van der Waals surface area contributed by atoms with E-state index in [4.69, 9.17) is 4.42 Å². The average Bonchev–Trinajstić information content (AvgIpc) is 3.63.